The van der Waals surface area contributed by atoms with Crippen molar-refractivity contribution in [3.63, 3.8) is 0 Å². The average molecular weight is 410 g/mol. The van der Waals surface area contributed by atoms with Crippen LogP contribution in [0.4, 0.5) is 18.9 Å². The van der Waals surface area contributed by atoms with Crippen LogP contribution >= 0.6 is 0 Å². The van der Waals surface area contributed by atoms with Crippen LogP contribution in [0.5, 0.6) is 0 Å². The van der Waals surface area contributed by atoms with Gasteiger partial charge < -0.3 is 5.32 Å². The van der Waals surface area contributed by atoms with Gasteiger partial charge in [0.05, 0.1) is 12.0 Å². The third-order valence-corrected chi connectivity index (χ3v) is 4.76. The van der Waals surface area contributed by atoms with Crippen LogP contribution in [-0.4, -0.2) is 20.5 Å². The second-order valence-corrected chi connectivity index (χ2v) is 6.93. The Morgan fingerprint density at radius 3 is 2.53 bits per heavy atom. The molecule has 4 rings (SSSR count). The summed E-state index contributed by atoms with van der Waals surface area (Å²) in [6.07, 6.45) is -1.11. The number of rotatable bonds is 4. The van der Waals surface area contributed by atoms with Gasteiger partial charge in [-0.05, 0) is 53.4 Å². The van der Waals surface area contributed by atoms with E-state index in [2.05, 4.69) is 15.4 Å². The van der Waals surface area contributed by atoms with Gasteiger partial charge in [-0.25, -0.2) is 9.50 Å². The van der Waals surface area contributed by atoms with E-state index in [1.54, 1.807) is 4.52 Å². The van der Waals surface area contributed by atoms with Gasteiger partial charge in [0.1, 0.15) is 6.33 Å². The Balaban J connectivity index is 1.45. The molecule has 2 aromatic carbocycles. The molecule has 0 aliphatic heterocycles. The summed E-state index contributed by atoms with van der Waals surface area (Å²) < 4.78 is 40.8. The van der Waals surface area contributed by atoms with Crippen LogP contribution in [-0.2, 0) is 17.4 Å². The molecule has 0 saturated heterocycles. The average Bonchev–Trinajstić information content (AvgIpc) is 3.17. The molecule has 0 spiro atoms. The number of amides is 1. The van der Waals surface area contributed by atoms with E-state index < -0.39 is 11.7 Å². The number of carbonyl (C=O) groups excluding carboxylic acids is 1. The fourth-order valence-corrected chi connectivity index (χ4v) is 3.21. The molecule has 2 aromatic heterocycles. The molecule has 0 radical (unpaired) electrons. The van der Waals surface area contributed by atoms with Crippen molar-refractivity contribution >= 4 is 17.2 Å². The maximum Gasteiger partial charge on any atom is 0.416 e. The Morgan fingerprint density at radius 2 is 1.80 bits per heavy atom. The molecule has 152 valence electrons. The number of aryl methyl sites for hydroxylation is 1. The number of hydrogen-bond acceptors (Lipinski definition) is 3. The maximum absolute atomic E-state index is 13.0. The molecule has 0 bridgehead atoms. The molecule has 0 unspecified atom stereocenters. The summed E-state index contributed by atoms with van der Waals surface area (Å²) in [5.41, 5.74) is 2.88. The Bertz CT molecular complexity index is 1210. The molecule has 0 aliphatic rings. The third-order valence-electron chi connectivity index (χ3n) is 4.76. The first-order valence-electron chi connectivity index (χ1n) is 9.16. The van der Waals surface area contributed by atoms with Gasteiger partial charge in [-0.2, -0.15) is 18.3 Å². The molecule has 30 heavy (non-hydrogen) atoms. The number of benzene rings is 2. The molecule has 5 nitrogen and oxygen atoms in total. The van der Waals surface area contributed by atoms with E-state index in [0.29, 0.717) is 0 Å². The van der Waals surface area contributed by atoms with E-state index in [1.165, 1.54) is 25.4 Å². The first-order chi connectivity index (χ1) is 14.3. The molecule has 4 aromatic rings. The molecule has 0 aliphatic carbocycles. The second kappa shape index (κ2) is 7.62. The number of nitrogens with zero attached hydrogens (tertiary/aromatic N) is 3. The van der Waals surface area contributed by atoms with Crippen molar-refractivity contribution in [1.82, 2.24) is 14.6 Å². The van der Waals surface area contributed by atoms with Crippen molar-refractivity contribution in [3.8, 4) is 11.1 Å². The fraction of sp³-hybridized carbons (Fsp3) is 0.136. The largest absolute Gasteiger partial charge is 0.416 e. The molecule has 1 N–H and O–H groups in total. The third kappa shape index (κ3) is 4.17. The van der Waals surface area contributed by atoms with E-state index >= 15 is 0 Å². The Morgan fingerprint density at radius 1 is 1.03 bits per heavy atom. The van der Waals surface area contributed by atoms with Gasteiger partial charge in [0.25, 0.3) is 0 Å². The summed E-state index contributed by atoms with van der Waals surface area (Å²) in [5, 5.41) is 6.59. The van der Waals surface area contributed by atoms with Crippen molar-refractivity contribution in [1.29, 1.82) is 0 Å². The number of fused-ring (bicyclic) bond motifs is 1. The van der Waals surface area contributed by atoms with Crippen molar-refractivity contribution in [3.05, 3.63) is 83.8 Å². The molecule has 0 atom stereocenters. The lowest BCUT2D eigenvalue weighted by Crippen LogP contribution is -2.15. The summed E-state index contributed by atoms with van der Waals surface area (Å²) in [6, 6.07) is 15.0. The predicted molar refractivity (Wildman–Crippen MR) is 107 cm³/mol. The Kier molecular flexibility index (Phi) is 4.99. The van der Waals surface area contributed by atoms with Crippen LogP contribution in [0.15, 0.2) is 67.1 Å². The molecule has 1 amide bonds. The highest BCUT2D eigenvalue weighted by atomic mass is 19.4. The zero-order chi connectivity index (χ0) is 21.3. The lowest BCUT2D eigenvalue weighted by molar-refractivity contribution is -0.138. The first kappa shape index (κ1) is 19.6. The lowest BCUT2D eigenvalue weighted by Gasteiger charge is -2.13. The number of nitrogens with one attached hydrogen (secondary N) is 1. The molecule has 0 fully saturated rings. The van der Waals surface area contributed by atoms with Crippen molar-refractivity contribution in [2.24, 2.45) is 0 Å². The standard InChI is InChI=1S/C22H17F3N4O/c1-14-2-7-18(12-19(14)22(23,24)25)28-21(30)10-15-3-5-16(6-4-15)17-8-9-29-20(11-17)26-13-27-29/h2-9,11-13H,10H2,1H3,(H,28,30). The molecular weight excluding hydrogens is 393 g/mol. The number of pyridine rings is 1. The zero-order valence-corrected chi connectivity index (χ0v) is 15.9. The highest BCUT2D eigenvalue weighted by Gasteiger charge is 2.32. The minimum absolute atomic E-state index is 0.0543. The van der Waals surface area contributed by atoms with E-state index in [0.717, 1.165) is 28.4 Å². The van der Waals surface area contributed by atoms with Gasteiger partial charge >= 0.3 is 6.18 Å². The van der Waals surface area contributed by atoms with Crippen LogP contribution in [0.3, 0.4) is 0 Å². The van der Waals surface area contributed by atoms with Crippen LogP contribution in [0.25, 0.3) is 16.8 Å². The Hall–Kier alpha value is -3.68. The predicted octanol–water partition coefficient (Wildman–Crippen LogP) is 4.90. The SMILES string of the molecule is Cc1ccc(NC(=O)Cc2ccc(-c3ccn4ncnc4c3)cc2)cc1C(F)(F)F. The van der Waals surface area contributed by atoms with Gasteiger partial charge in [0.15, 0.2) is 5.65 Å². The van der Waals surface area contributed by atoms with Gasteiger partial charge in [0, 0.05) is 11.9 Å². The molecular formula is C22H17F3N4O. The van der Waals surface area contributed by atoms with Crippen LogP contribution in [0, 0.1) is 6.92 Å². The van der Waals surface area contributed by atoms with E-state index in [4.69, 9.17) is 0 Å². The summed E-state index contributed by atoms with van der Waals surface area (Å²) >= 11 is 0. The van der Waals surface area contributed by atoms with Crippen molar-refractivity contribution in [2.45, 2.75) is 19.5 Å². The minimum atomic E-state index is -4.46. The van der Waals surface area contributed by atoms with Crippen molar-refractivity contribution < 1.29 is 18.0 Å². The highest BCUT2D eigenvalue weighted by Crippen LogP contribution is 2.33. The Labute approximate surface area is 170 Å². The fourth-order valence-electron chi connectivity index (χ4n) is 3.21. The zero-order valence-electron chi connectivity index (χ0n) is 15.9. The first-order valence-corrected chi connectivity index (χ1v) is 9.16. The molecule has 2 heterocycles. The monoisotopic (exact) mass is 410 g/mol. The normalized spacial score (nSPS) is 11.6. The summed E-state index contributed by atoms with van der Waals surface area (Å²) in [7, 11) is 0. The summed E-state index contributed by atoms with van der Waals surface area (Å²) in [5.74, 6) is -0.385. The number of alkyl halides is 3. The number of halogens is 3. The van der Waals surface area contributed by atoms with Gasteiger partial charge in [0.2, 0.25) is 5.91 Å². The number of hydrogen-bond donors (Lipinski definition) is 1. The van der Waals surface area contributed by atoms with Crippen molar-refractivity contribution in [2.75, 3.05) is 5.32 Å². The minimum Gasteiger partial charge on any atom is -0.326 e. The van der Waals surface area contributed by atoms with E-state index in [-0.39, 0.29) is 23.6 Å². The van der Waals surface area contributed by atoms with E-state index in [9.17, 15) is 18.0 Å². The van der Waals surface area contributed by atoms with E-state index in [1.807, 2.05) is 42.6 Å². The van der Waals surface area contributed by atoms with Gasteiger partial charge in [-0.1, -0.05) is 30.3 Å². The highest BCUT2D eigenvalue weighted by molar-refractivity contribution is 5.92. The molecule has 8 heteroatoms. The maximum atomic E-state index is 13.0. The van der Waals surface area contributed by atoms with Crippen LogP contribution in [0.2, 0.25) is 0 Å². The lowest BCUT2D eigenvalue weighted by atomic mass is 10.0. The second-order valence-electron chi connectivity index (χ2n) is 6.93. The summed E-state index contributed by atoms with van der Waals surface area (Å²) in [4.78, 5) is 16.4. The topological polar surface area (TPSA) is 59.3 Å². The van der Waals surface area contributed by atoms with Crippen LogP contribution < -0.4 is 5.32 Å². The smallest absolute Gasteiger partial charge is 0.326 e. The van der Waals surface area contributed by atoms with Crippen LogP contribution in [0.1, 0.15) is 16.7 Å². The number of aromatic nitrogens is 3. The van der Waals surface area contributed by atoms with Gasteiger partial charge in [-0.15, -0.1) is 0 Å². The quantitative estimate of drug-likeness (QED) is 0.520. The van der Waals surface area contributed by atoms with Gasteiger partial charge in [-0.3, -0.25) is 4.79 Å². The summed E-state index contributed by atoms with van der Waals surface area (Å²) in [6.45, 7) is 1.39. The number of anilines is 1. The molecule has 0 saturated carbocycles. The number of carbonyl (C=O) groups is 1.